The summed E-state index contributed by atoms with van der Waals surface area (Å²) in [5.74, 6) is -0.543. The minimum atomic E-state index is -0.565. The van der Waals surface area contributed by atoms with Gasteiger partial charge in [-0.1, -0.05) is 35.9 Å². The summed E-state index contributed by atoms with van der Waals surface area (Å²) in [6.45, 7) is 2.49. The van der Waals surface area contributed by atoms with E-state index in [1.807, 2.05) is 49.4 Å². The number of nitrogens with one attached hydrogen (secondary N) is 2. The maximum atomic E-state index is 13.0. The number of hydrogen-bond donors (Lipinski definition) is 3. The van der Waals surface area contributed by atoms with Crippen LogP contribution >= 0.6 is 22.9 Å². The molecular formula is C23H20ClN5O3S. The standard InChI is InChI=1S/C23H20ClN5O3S/c1-13-6-7-14(23-28-17-4-2-3-5-21(17)33-23)10-18(13)27-22(30)15-11-20(29(31)32)19(12-16(15)24)26-9-8-25/h2-7,10-12,26H,8-9,25H2,1H3,(H,27,30). The van der Waals surface area contributed by atoms with E-state index in [9.17, 15) is 14.9 Å². The van der Waals surface area contributed by atoms with Crippen molar-refractivity contribution in [2.24, 2.45) is 5.73 Å². The molecule has 33 heavy (non-hydrogen) atoms. The lowest BCUT2D eigenvalue weighted by atomic mass is 10.1. The Hall–Kier alpha value is -3.53. The van der Waals surface area contributed by atoms with Crippen molar-refractivity contribution in [2.45, 2.75) is 6.92 Å². The zero-order valence-corrected chi connectivity index (χ0v) is 19.2. The van der Waals surface area contributed by atoms with Gasteiger partial charge in [-0.2, -0.15) is 0 Å². The first kappa shape index (κ1) is 22.7. The van der Waals surface area contributed by atoms with Crippen molar-refractivity contribution in [3.63, 3.8) is 0 Å². The Kier molecular flexibility index (Phi) is 6.55. The van der Waals surface area contributed by atoms with Gasteiger partial charge in [0.15, 0.2) is 0 Å². The van der Waals surface area contributed by atoms with Crippen LogP contribution in [0.4, 0.5) is 17.1 Å². The lowest BCUT2D eigenvalue weighted by Crippen LogP contribution is -2.16. The summed E-state index contributed by atoms with van der Waals surface area (Å²) < 4.78 is 1.07. The van der Waals surface area contributed by atoms with Crippen LogP contribution in [0.15, 0.2) is 54.6 Å². The number of hydrogen-bond acceptors (Lipinski definition) is 7. The zero-order valence-electron chi connectivity index (χ0n) is 17.6. The van der Waals surface area contributed by atoms with Crippen LogP contribution in [0.2, 0.25) is 5.02 Å². The van der Waals surface area contributed by atoms with Crippen LogP contribution in [-0.2, 0) is 0 Å². The van der Waals surface area contributed by atoms with Crippen molar-refractivity contribution in [3.8, 4) is 10.6 Å². The van der Waals surface area contributed by atoms with Crippen molar-refractivity contribution in [1.29, 1.82) is 0 Å². The fourth-order valence-electron chi connectivity index (χ4n) is 3.31. The minimum absolute atomic E-state index is 0.00598. The summed E-state index contributed by atoms with van der Waals surface area (Å²) in [5.41, 5.74) is 8.59. The van der Waals surface area contributed by atoms with E-state index >= 15 is 0 Å². The van der Waals surface area contributed by atoms with Gasteiger partial charge in [0.25, 0.3) is 11.6 Å². The predicted molar refractivity (Wildman–Crippen MR) is 133 cm³/mol. The number of halogens is 1. The van der Waals surface area contributed by atoms with E-state index in [2.05, 4.69) is 15.6 Å². The van der Waals surface area contributed by atoms with Gasteiger partial charge in [-0.25, -0.2) is 4.98 Å². The SMILES string of the molecule is Cc1ccc(-c2nc3ccccc3s2)cc1NC(=O)c1cc([N+](=O)[O-])c(NCCN)cc1Cl. The van der Waals surface area contributed by atoms with E-state index in [1.165, 1.54) is 12.1 Å². The van der Waals surface area contributed by atoms with Crippen LogP contribution in [0.5, 0.6) is 0 Å². The van der Waals surface area contributed by atoms with Gasteiger partial charge in [0.05, 0.1) is 25.7 Å². The molecule has 1 amide bonds. The monoisotopic (exact) mass is 481 g/mol. The smallest absolute Gasteiger partial charge is 0.293 e. The first-order valence-electron chi connectivity index (χ1n) is 10.1. The molecule has 0 aliphatic carbocycles. The van der Waals surface area contributed by atoms with Crippen molar-refractivity contribution in [2.75, 3.05) is 23.7 Å². The molecule has 3 aromatic carbocycles. The minimum Gasteiger partial charge on any atom is -0.378 e. The second-order valence-electron chi connectivity index (χ2n) is 7.29. The van der Waals surface area contributed by atoms with Gasteiger partial charge in [-0.15, -0.1) is 11.3 Å². The highest BCUT2D eigenvalue weighted by Gasteiger charge is 2.22. The molecular weight excluding hydrogens is 462 g/mol. The lowest BCUT2D eigenvalue weighted by molar-refractivity contribution is -0.384. The summed E-state index contributed by atoms with van der Waals surface area (Å²) in [5, 5.41) is 18.1. The molecule has 4 aromatic rings. The Bertz CT molecular complexity index is 1340. The molecule has 0 saturated carbocycles. The molecule has 1 heterocycles. The number of thiazole rings is 1. The number of fused-ring (bicyclic) bond motifs is 1. The van der Waals surface area contributed by atoms with E-state index in [4.69, 9.17) is 17.3 Å². The Balaban J connectivity index is 1.65. The Morgan fingerprint density at radius 2 is 1.97 bits per heavy atom. The molecule has 0 spiro atoms. The molecule has 0 bridgehead atoms. The van der Waals surface area contributed by atoms with E-state index < -0.39 is 10.8 Å². The molecule has 10 heteroatoms. The lowest BCUT2D eigenvalue weighted by Gasteiger charge is -2.12. The second kappa shape index (κ2) is 9.53. The van der Waals surface area contributed by atoms with E-state index in [0.717, 1.165) is 26.4 Å². The molecule has 0 saturated heterocycles. The highest BCUT2D eigenvalue weighted by Crippen LogP contribution is 2.34. The van der Waals surface area contributed by atoms with Crippen molar-refractivity contribution in [1.82, 2.24) is 4.98 Å². The quantitative estimate of drug-likeness (QED) is 0.238. The Morgan fingerprint density at radius 1 is 1.18 bits per heavy atom. The fourth-order valence-corrected chi connectivity index (χ4v) is 4.52. The number of carbonyl (C=O) groups excluding carboxylic acids is 1. The van der Waals surface area contributed by atoms with E-state index in [-0.39, 0.29) is 22.0 Å². The summed E-state index contributed by atoms with van der Waals surface area (Å²) >= 11 is 7.86. The molecule has 0 atom stereocenters. The number of nitro groups is 1. The summed E-state index contributed by atoms with van der Waals surface area (Å²) in [7, 11) is 0. The number of benzene rings is 3. The molecule has 4 rings (SSSR count). The number of anilines is 2. The largest absolute Gasteiger partial charge is 0.378 e. The van der Waals surface area contributed by atoms with Crippen molar-refractivity contribution < 1.29 is 9.72 Å². The molecule has 0 radical (unpaired) electrons. The average Bonchev–Trinajstić information content (AvgIpc) is 3.23. The number of aromatic nitrogens is 1. The molecule has 0 unspecified atom stereocenters. The molecule has 0 aliphatic heterocycles. The topological polar surface area (TPSA) is 123 Å². The van der Waals surface area contributed by atoms with E-state index in [0.29, 0.717) is 18.8 Å². The van der Waals surface area contributed by atoms with Crippen LogP contribution in [-0.4, -0.2) is 28.9 Å². The van der Waals surface area contributed by atoms with Gasteiger partial charge < -0.3 is 16.4 Å². The zero-order chi connectivity index (χ0) is 23.5. The molecule has 0 aliphatic rings. The average molecular weight is 482 g/mol. The highest BCUT2D eigenvalue weighted by atomic mass is 35.5. The third-order valence-electron chi connectivity index (χ3n) is 5.01. The summed E-state index contributed by atoms with van der Waals surface area (Å²) in [4.78, 5) is 28.6. The summed E-state index contributed by atoms with van der Waals surface area (Å²) in [6.07, 6.45) is 0. The van der Waals surface area contributed by atoms with Gasteiger partial charge >= 0.3 is 0 Å². The number of nitrogens with zero attached hydrogens (tertiary/aromatic N) is 2. The normalized spacial score (nSPS) is 10.9. The highest BCUT2D eigenvalue weighted by molar-refractivity contribution is 7.21. The number of carbonyl (C=O) groups is 1. The first-order chi connectivity index (χ1) is 15.9. The van der Waals surface area contributed by atoms with Crippen LogP contribution in [0.3, 0.4) is 0 Å². The molecule has 4 N–H and O–H groups in total. The number of nitrogens with two attached hydrogens (primary N) is 1. The maximum Gasteiger partial charge on any atom is 0.293 e. The van der Waals surface area contributed by atoms with Crippen LogP contribution in [0, 0.1) is 17.0 Å². The third-order valence-corrected chi connectivity index (χ3v) is 6.41. The first-order valence-corrected chi connectivity index (χ1v) is 11.3. The van der Waals surface area contributed by atoms with Crippen molar-refractivity contribution >= 4 is 56.1 Å². The number of amides is 1. The van der Waals surface area contributed by atoms with Gasteiger partial charge in [0.1, 0.15) is 10.7 Å². The molecule has 8 nitrogen and oxygen atoms in total. The summed E-state index contributed by atoms with van der Waals surface area (Å²) in [6, 6.07) is 16.1. The number of rotatable bonds is 7. The van der Waals surface area contributed by atoms with Crippen LogP contribution in [0.1, 0.15) is 15.9 Å². The maximum absolute atomic E-state index is 13.0. The van der Waals surface area contributed by atoms with Gasteiger partial charge in [-0.3, -0.25) is 14.9 Å². The number of para-hydroxylation sites is 1. The molecule has 168 valence electrons. The predicted octanol–water partition coefficient (Wildman–Crippen LogP) is 5.46. The Morgan fingerprint density at radius 3 is 2.70 bits per heavy atom. The third kappa shape index (κ3) is 4.80. The van der Waals surface area contributed by atoms with E-state index in [1.54, 1.807) is 11.3 Å². The van der Waals surface area contributed by atoms with Crippen molar-refractivity contribution in [3.05, 3.63) is 80.9 Å². The van der Waals surface area contributed by atoms with Gasteiger partial charge in [0, 0.05) is 30.4 Å². The fraction of sp³-hybridized carbons (Fsp3) is 0.130. The molecule has 0 fully saturated rings. The van der Waals surface area contributed by atoms with Crippen LogP contribution in [0.25, 0.3) is 20.8 Å². The van der Waals surface area contributed by atoms with Gasteiger partial charge in [-0.05, 0) is 36.8 Å². The number of aryl methyl sites for hydroxylation is 1. The second-order valence-corrected chi connectivity index (χ2v) is 8.73. The number of nitro benzene ring substituents is 1. The van der Waals surface area contributed by atoms with Crippen LogP contribution < -0.4 is 16.4 Å². The Labute approximate surface area is 198 Å². The molecule has 1 aromatic heterocycles. The van der Waals surface area contributed by atoms with Gasteiger partial charge in [0.2, 0.25) is 0 Å².